The fourth-order valence-corrected chi connectivity index (χ4v) is 1.55. The highest BCUT2D eigenvalue weighted by atomic mass is 35.5. The standard InChI is InChI=1S/C11H13ClN2O/c1-8(15)7-14(2)10-4-3-9(6-13)11(12)5-10/h3-5,8,15H,7H2,1-2H3. The SMILES string of the molecule is CC(O)CN(C)c1ccc(C#N)c(Cl)c1. The number of hydrogen-bond donors (Lipinski definition) is 1. The van der Waals surface area contributed by atoms with Crippen LogP contribution in [0.1, 0.15) is 12.5 Å². The minimum Gasteiger partial charge on any atom is -0.392 e. The average molecular weight is 225 g/mol. The molecule has 0 saturated carbocycles. The molecule has 0 fully saturated rings. The molecule has 0 aliphatic heterocycles. The molecule has 4 heteroatoms. The van der Waals surface area contributed by atoms with Crippen LogP contribution in [-0.2, 0) is 0 Å². The Kier molecular flexibility index (Phi) is 3.96. The molecule has 1 aromatic carbocycles. The normalized spacial score (nSPS) is 11.9. The van der Waals surface area contributed by atoms with E-state index in [1.165, 1.54) is 0 Å². The van der Waals surface area contributed by atoms with Crippen LogP contribution in [0.15, 0.2) is 18.2 Å². The van der Waals surface area contributed by atoms with E-state index in [4.69, 9.17) is 16.9 Å². The van der Waals surface area contributed by atoms with Crippen molar-refractivity contribution in [3.63, 3.8) is 0 Å². The molecule has 1 N–H and O–H groups in total. The van der Waals surface area contributed by atoms with E-state index in [1.54, 1.807) is 19.1 Å². The number of benzene rings is 1. The molecule has 0 saturated heterocycles. The van der Waals surface area contributed by atoms with E-state index in [0.29, 0.717) is 17.1 Å². The van der Waals surface area contributed by atoms with Crippen molar-refractivity contribution in [3.05, 3.63) is 28.8 Å². The predicted molar refractivity (Wildman–Crippen MR) is 61.1 cm³/mol. The molecule has 0 spiro atoms. The maximum Gasteiger partial charge on any atom is 0.101 e. The first-order valence-corrected chi connectivity index (χ1v) is 5.01. The monoisotopic (exact) mass is 224 g/mol. The van der Waals surface area contributed by atoms with E-state index in [-0.39, 0.29) is 0 Å². The van der Waals surface area contributed by atoms with Crippen LogP contribution >= 0.6 is 11.6 Å². The van der Waals surface area contributed by atoms with Crippen molar-refractivity contribution in [2.24, 2.45) is 0 Å². The zero-order chi connectivity index (χ0) is 11.4. The number of aliphatic hydroxyl groups excluding tert-OH is 1. The number of aliphatic hydroxyl groups is 1. The van der Waals surface area contributed by atoms with Crippen LogP contribution in [0.4, 0.5) is 5.69 Å². The largest absolute Gasteiger partial charge is 0.392 e. The van der Waals surface area contributed by atoms with Gasteiger partial charge in [-0.1, -0.05) is 11.6 Å². The Morgan fingerprint density at radius 1 is 1.60 bits per heavy atom. The van der Waals surface area contributed by atoms with Crippen LogP contribution in [0, 0.1) is 11.3 Å². The van der Waals surface area contributed by atoms with E-state index in [1.807, 2.05) is 24.1 Å². The van der Waals surface area contributed by atoms with Gasteiger partial charge in [-0.3, -0.25) is 0 Å². The van der Waals surface area contributed by atoms with Gasteiger partial charge in [0.15, 0.2) is 0 Å². The molecule has 0 heterocycles. The second-order valence-corrected chi connectivity index (χ2v) is 3.91. The molecule has 0 aliphatic rings. The Labute approximate surface area is 94.5 Å². The number of nitriles is 1. The summed E-state index contributed by atoms with van der Waals surface area (Å²) in [6, 6.07) is 7.22. The van der Waals surface area contributed by atoms with Crippen LogP contribution in [0.2, 0.25) is 5.02 Å². The van der Waals surface area contributed by atoms with Gasteiger partial charge in [-0.2, -0.15) is 5.26 Å². The molecular formula is C11H13ClN2O. The lowest BCUT2D eigenvalue weighted by Crippen LogP contribution is -2.26. The van der Waals surface area contributed by atoms with E-state index in [9.17, 15) is 5.11 Å². The van der Waals surface area contributed by atoms with Gasteiger partial charge in [0.2, 0.25) is 0 Å². The van der Waals surface area contributed by atoms with Crippen molar-refractivity contribution >= 4 is 17.3 Å². The average Bonchev–Trinajstić information content (AvgIpc) is 2.16. The maximum atomic E-state index is 9.23. The molecule has 0 radical (unpaired) electrons. The van der Waals surface area contributed by atoms with Gasteiger partial charge in [0, 0.05) is 19.3 Å². The summed E-state index contributed by atoms with van der Waals surface area (Å²) in [7, 11) is 1.87. The highest BCUT2D eigenvalue weighted by molar-refractivity contribution is 6.32. The lowest BCUT2D eigenvalue weighted by Gasteiger charge is -2.21. The molecule has 1 atom stereocenters. The molecule has 1 aromatic rings. The summed E-state index contributed by atoms with van der Waals surface area (Å²) in [5.74, 6) is 0. The first kappa shape index (κ1) is 11.8. The first-order valence-electron chi connectivity index (χ1n) is 4.63. The summed E-state index contributed by atoms with van der Waals surface area (Å²) in [6.07, 6.45) is -0.399. The summed E-state index contributed by atoms with van der Waals surface area (Å²) in [6.45, 7) is 2.25. The van der Waals surface area contributed by atoms with E-state index in [0.717, 1.165) is 5.69 Å². The molecule has 3 nitrogen and oxygen atoms in total. The third kappa shape index (κ3) is 3.12. The number of hydrogen-bond acceptors (Lipinski definition) is 3. The maximum absolute atomic E-state index is 9.23. The third-order valence-corrected chi connectivity index (χ3v) is 2.36. The third-order valence-electron chi connectivity index (χ3n) is 2.05. The zero-order valence-electron chi connectivity index (χ0n) is 8.74. The van der Waals surface area contributed by atoms with Crippen LogP contribution < -0.4 is 4.90 Å². The van der Waals surface area contributed by atoms with Gasteiger partial charge >= 0.3 is 0 Å². The fourth-order valence-electron chi connectivity index (χ4n) is 1.33. The second kappa shape index (κ2) is 5.01. The summed E-state index contributed by atoms with van der Waals surface area (Å²) >= 11 is 5.90. The van der Waals surface area contributed by atoms with Crippen molar-refractivity contribution in [3.8, 4) is 6.07 Å². The lowest BCUT2D eigenvalue weighted by molar-refractivity contribution is 0.201. The molecular weight excluding hydrogens is 212 g/mol. The summed E-state index contributed by atoms with van der Waals surface area (Å²) < 4.78 is 0. The number of anilines is 1. The van der Waals surface area contributed by atoms with Crippen molar-refractivity contribution in [2.45, 2.75) is 13.0 Å². The number of halogens is 1. The van der Waals surface area contributed by atoms with Gasteiger partial charge in [-0.05, 0) is 25.1 Å². The molecule has 15 heavy (non-hydrogen) atoms. The van der Waals surface area contributed by atoms with Crippen molar-refractivity contribution in [1.29, 1.82) is 5.26 Å². The zero-order valence-corrected chi connectivity index (χ0v) is 9.49. The van der Waals surface area contributed by atoms with Gasteiger partial charge < -0.3 is 10.0 Å². The van der Waals surface area contributed by atoms with E-state index < -0.39 is 6.10 Å². The summed E-state index contributed by atoms with van der Waals surface area (Å²) in [5, 5.41) is 18.4. The smallest absolute Gasteiger partial charge is 0.101 e. The summed E-state index contributed by atoms with van der Waals surface area (Å²) in [5.41, 5.74) is 1.35. The minimum absolute atomic E-state index is 0.399. The Hall–Kier alpha value is -1.24. The van der Waals surface area contributed by atoms with Gasteiger partial charge in [-0.25, -0.2) is 0 Å². The molecule has 0 amide bonds. The number of likely N-dealkylation sites (N-methyl/N-ethyl adjacent to an activating group) is 1. The van der Waals surface area contributed by atoms with Crippen LogP contribution in [-0.4, -0.2) is 24.8 Å². The Morgan fingerprint density at radius 3 is 2.73 bits per heavy atom. The Balaban J connectivity index is 2.88. The van der Waals surface area contributed by atoms with Crippen LogP contribution in [0.5, 0.6) is 0 Å². The molecule has 0 aliphatic carbocycles. The van der Waals surface area contributed by atoms with Crippen LogP contribution in [0.25, 0.3) is 0 Å². The minimum atomic E-state index is -0.399. The summed E-state index contributed by atoms with van der Waals surface area (Å²) in [4.78, 5) is 1.89. The molecule has 1 unspecified atom stereocenters. The molecule has 0 aromatic heterocycles. The predicted octanol–water partition coefficient (Wildman–Crippen LogP) is 2.03. The van der Waals surface area contributed by atoms with E-state index in [2.05, 4.69) is 0 Å². The highest BCUT2D eigenvalue weighted by Gasteiger charge is 2.06. The number of nitrogens with zero attached hydrogens (tertiary/aromatic N) is 2. The van der Waals surface area contributed by atoms with Crippen molar-refractivity contribution in [1.82, 2.24) is 0 Å². The second-order valence-electron chi connectivity index (χ2n) is 3.51. The van der Waals surface area contributed by atoms with Crippen LogP contribution in [0.3, 0.4) is 0 Å². The fraction of sp³-hybridized carbons (Fsp3) is 0.364. The Morgan fingerprint density at radius 2 is 2.27 bits per heavy atom. The molecule has 80 valence electrons. The topological polar surface area (TPSA) is 47.3 Å². The number of rotatable bonds is 3. The van der Waals surface area contributed by atoms with Gasteiger partial charge in [0.05, 0.1) is 16.7 Å². The molecule has 1 rings (SSSR count). The van der Waals surface area contributed by atoms with Crippen molar-refractivity contribution in [2.75, 3.05) is 18.5 Å². The first-order chi connectivity index (χ1) is 7.04. The van der Waals surface area contributed by atoms with Gasteiger partial charge in [0.1, 0.15) is 6.07 Å². The van der Waals surface area contributed by atoms with Gasteiger partial charge in [-0.15, -0.1) is 0 Å². The Bertz CT molecular complexity index is 385. The van der Waals surface area contributed by atoms with Gasteiger partial charge in [0.25, 0.3) is 0 Å². The quantitative estimate of drug-likeness (QED) is 0.855. The highest BCUT2D eigenvalue weighted by Crippen LogP contribution is 2.22. The van der Waals surface area contributed by atoms with Crippen molar-refractivity contribution < 1.29 is 5.11 Å². The molecule has 0 bridgehead atoms. The lowest BCUT2D eigenvalue weighted by atomic mass is 10.2. The van der Waals surface area contributed by atoms with E-state index >= 15 is 0 Å².